The molecule has 0 aliphatic heterocycles. The topological polar surface area (TPSA) is 72.5 Å². The van der Waals surface area contributed by atoms with Crippen molar-refractivity contribution in [3.8, 4) is 5.75 Å². The molecule has 0 radical (unpaired) electrons. The number of halogens is 6. The van der Waals surface area contributed by atoms with Gasteiger partial charge in [0.15, 0.2) is 11.6 Å². The third kappa shape index (κ3) is 3.78. The minimum atomic E-state index is -4.21. The predicted molar refractivity (Wildman–Crippen MR) is 71.5 cm³/mol. The van der Waals surface area contributed by atoms with Gasteiger partial charge >= 0.3 is 11.9 Å². The molecule has 1 aromatic carbocycles. The molecule has 0 aliphatic carbocycles. The monoisotopic (exact) mass is 395 g/mol. The van der Waals surface area contributed by atoms with E-state index < -0.39 is 45.4 Å². The Balaban J connectivity index is 0.00000400. The van der Waals surface area contributed by atoms with E-state index >= 15 is 0 Å². The Morgan fingerprint density at radius 3 is 2.48 bits per heavy atom. The van der Waals surface area contributed by atoms with E-state index in [4.69, 9.17) is 5.73 Å². The minimum Gasteiger partial charge on any atom is -0.505 e. The number of hydrogen-bond acceptors (Lipinski definition) is 4. The first kappa shape index (κ1) is 19.9. The summed E-state index contributed by atoms with van der Waals surface area (Å²) in [5.74, 6) is -10.7. The molecular formula is C11H11BrClF4NO3. The summed E-state index contributed by atoms with van der Waals surface area (Å²) < 4.78 is 57.4. The van der Waals surface area contributed by atoms with Gasteiger partial charge in [0.25, 0.3) is 0 Å². The van der Waals surface area contributed by atoms with Crippen LogP contribution in [0.5, 0.6) is 5.75 Å². The lowest BCUT2D eigenvalue weighted by molar-refractivity contribution is -0.174. The predicted octanol–water partition coefficient (Wildman–Crippen LogP) is 3.05. The molecule has 0 aromatic heterocycles. The van der Waals surface area contributed by atoms with Gasteiger partial charge in [0.2, 0.25) is 5.82 Å². The first-order valence-corrected chi connectivity index (χ1v) is 6.10. The zero-order chi connectivity index (χ0) is 15.7. The molecule has 0 amide bonds. The summed E-state index contributed by atoms with van der Waals surface area (Å²) in [6.07, 6.45) is 0. The molecular weight excluding hydrogens is 385 g/mol. The van der Waals surface area contributed by atoms with E-state index in [0.717, 1.165) is 0 Å². The first-order chi connectivity index (χ1) is 9.14. The number of benzene rings is 1. The van der Waals surface area contributed by atoms with Crippen molar-refractivity contribution >= 4 is 34.3 Å². The van der Waals surface area contributed by atoms with Crippen LogP contribution in [0.4, 0.5) is 17.6 Å². The highest BCUT2D eigenvalue weighted by Crippen LogP contribution is 2.39. The van der Waals surface area contributed by atoms with E-state index in [1.54, 1.807) is 0 Å². The number of phenolic OH excluding ortho intramolecular Hbond substituents is 1. The minimum absolute atomic E-state index is 0. The van der Waals surface area contributed by atoms with Crippen LogP contribution in [-0.4, -0.2) is 23.6 Å². The molecule has 0 heterocycles. The number of nitrogens with two attached hydrogens (primary N) is 1. The Morgan fingerprint density at radius 2 is 2.00 bits per heavy atom. The Morgan fingerprint density at radius 1 is 1.48 bits per heavy atom. The summed E-state index contributed by atoms with van der Waals surface area (Å²) in [5.41, 5.74) is 4.35. The summed E-state index contributed by atoms with van der Waals surface area (Å²) in [7, 11) is 0. The maximum absolute atomic E-state index is 13.7. The third-order valence-electron chi connectivity index (χ3n) is 2.44. The van der Waals surface area contributed by atoms with E-state index in [1.807, 2.05) is 0 Å². The van der Waals surface area contributed by atoms with Crippen LogP contribution in [0.25, 0.3) is 0 Å². The maximum atomic E-state index is 13.7. The number of esters is 1. The normalized spacial score (nSPS) is 12.5. The molecule has 1 rings (SSSR count). The van der Waals surface area contributed by atoms with Gasteiger partial charge in [-0.3, -0.25) is 0 Å². The van der Waals surface area contributed by atoms with Gasteiger partial charge in [-0.2, -0.15) is 13.2 Å². The van der Waals surface area contributed by atoms with Crippen molar-refractivity contribution in [2.75, 3.05) is 6.61 Å². The number of carbonyl (C=O) groups is 1. The molecule has 120 valence electrons. The molecule has 0 bridgehead atoms. The SMILES string of the molecule is CCOC(=O)C(F)(F)[C@@H](N)c1cc(Br)c(F)c(F)c1O.Cl. The summed E-state index contributed by atoms with van der Waals surface area (Å²) in [5, 5.41) is 9.35. The van der Waals surface area contributed by atoms with Crippen LogP contribution in [0, 0.1) is 11.6 Å². The summed E-state index contributed by atoms with van der Waals surface area (Å²) >= 11 is 2.59. The van der Waals surface area contributed by atoms with Crippen LogP contribution in [0.2, 0.25) is 0 Å². The molecule has 0 unspecified atom stereocenters. The van der Waals surface area contributed by atoms with Crippen LogP contribution in [0.3, 0.4) is 0 Å². The van der Waals surface area contributed by atoms with Gasteiger partial charge in [-0.15, -0.1) is 12.4 Å². The van der Waals surface area contributed by atoms with Gasteiger partial charge in [-0.25, -0.2) is 9.18 Å². The van der Waals surface area contributed by atoms with Gasteiger partial charge in [-0.1, -0.05) is 0 Å². The number of hydrogen-bond donors (Lipinski definition) is 2. The molecule has 21 heavy (non-hydrogen) atoms. The zero-order valence-corrected chi connectivity index (χ0v) is 12.9. The second kappa shape index (κ2) is 7.28. The fourth-order valence-electron chi connectivity index (χ4n) is 1.39. The Labute approximate surface area is 131 Å². The Hall–Kier alpha value is -1.06. The lowest BCUT2D eigenvalue weighted by atomic mass is 10.00. The molecule has 4 nitrogen and oxygen atoms in total. The first-order valence-electron chi connectivity index (χ1n) is 5.31. The van der Waals surface area contributed by atoms with Crippen molar-refractivity contribution in [2.45, 2.75) is 18.9 Å². The largest absolute Gasteiger partial charge is 0.505 e. The average Bonchev–Trinajstić information content (AvgIpc) is 2.39. The van der Waals surface area contributed by atoms with Gasteiger partial charge in [-0.05, 0) is 28.9 Å². The number of phenols is 1. The number of carbonyl (C=O) groups excluding carboxylic acids is 1. The molecule has 0 fully saturated rings. The fraction of sp³-hybridized carbons (Fsp3) is 0.364. The molecule has 0 saturated carbocycles. The van der Waals surface area contributed by atoms with E-state index in [1.165, 1.54) is 6.92 Å². The van der Waals surface area contributed by atoms with Crippen molar-refractivity contribution in [1.82, 2.24) is 0 Å². The van der Waals surface area contributed by atoms with E-state index in [0.29, 0.717) is 6.07 Å². The number of rotatable bonds is 4. The van der Waals surface area contributed by atoms with Gasteiger partial charge in [0.1, 0.15) is 6.04 Å². The van der Waals surface area contributed by atoms with Gasteiger partial charge < -0.3 is 15.6 Å². The average molecular weight is 397 g/mol. The Kier molecular flexibility index (Phi) is 6.91. The molecule has 0 aliphatic rings. The van der Waals surface area contributed by atoms with Crippen LogP contribution in [0.1, 0.15) is 18.5 Å². The van der Waals surface area contributed by atoms with Crippen molar-refractivity contribution in [3.05, 3.63) is 27.7 Å². The standard InChI is InChI=1S/C11H10BrF4NO3.ClH/c1-2-20-10(19)11(15,16)9(17)4-3-5(12)6(13)7(14)8(4)18;/h3,9,18H,2,17H2,1H3;1H/t9-;/m0./s1. The van der Waals surface area contributed by atoms with Crippen molar-refractivity contribution < 1.29 is 32.2 Å². The highest BCUT2D eigenvalue weighted by Gasteiger charge is 2.49. The van der Waals surface area contributed by atoms with E-state index in [2.05, 4.69) is 20.7 Å². The third-order valence-corrected chi connectivity index (χ3v) is 3.02. The summed E-state index contributed by atoms with van der Waals surface area (Å²) in [6.45, 7) is 1.000. The van der Waals surface area contributed by atoms with Crippen LogP contribution >= 0.6 is 28.3 Å². The van der Waals surface area contributed by atoms with E-state index in [-0.39, 0.29) is 19.0 Å². The van der Waals surface area contributed by atoms with Gasteiger partial charge in [0, 0.05) is 5.56 Å². The molecule has 1 atom stereocenters. The highest BCUT2D eigenvalue weighted by molar-refractivity contribution is 9.10. The van der Waals surface area contributed by atoms with Gasteiger partial charge in [0.05, 0.1) is 11.1 Å². The molecule has 10 heteroatoms. The van der Waals surface area contributed by atoms with E-state index in [9.17, 15) is 27.5 Å². The van der Waals surface area contributed by atoms with Crippen LogP contribution < -0.4 is 5.73 Å². The molecule has 0 spiro atoms. The molecule has 3 N–H and O–H groups in total. The maximum Gasteiger partial charge on any atom is 0.379 e. The molecule has 0 saturated heterocycles. The summed E-state index contributed by atoms with van der Waals surface area (Å²) in [4.78, 5) is 11.1. The molecule has 1 aromatic rings. The van der Waals surface area contributed by atoms with Crippen LogP contribution in [-0.2, 0) is 9.53 Å². The number of ether oxygens (including phenoxy) is 1. The quantitative estimate of drug-likeness (QED) is 0.466. The van der Waals surface area contributed by atoms with Crippen molar-refractivity contribution in [3.63, 3.8) is 0 Å². The fourth-order valence-corrected chi connectivity index (χ4v) is 1.81. The summed E-state index contributed by atoms with van der Waals surface area (Å²) in [6, 6.07) is -1.72. The number of alkyl halides is 2. The highest BCUT2D eigenvalue weighted by atomic mass is 79.9. The lowest BCUT2D eigenvalue weighted by Gasteiger charge is -2.23. The second-order valence-electron chi connectivity index (χ2n) is 3.75. The lowest BCUT2D eigenvalue weighted by Crippen LogP contribution is -2.41. The van der Waals surface area contributed by atoms with Crippen molar-refractivity contribution in [1.29, 1.82) is 0 Å². The smallest absolute Gasteiger partial charge is 0.379 e. The van der Waals surface area contributed by atoms with Crippen molar-refractivity contribution in [2.24, 2.45) is 5.73 Å². The number of aromatic hydroxyl groups is 1. The zero-order valence-electron chi connectivity index (χ0n) is 10.5. The Bertz CT molecular complexity index is 545. The van der Waals surface area contributed by atoms with Crippen LogP contribution in [0.15, 0.2) is 10.5 Å². The second-order valence-corrected chi connectivity index (χ2v) is 4.60.